The van der Waals surface area contributed by atoms with Gasteiger partial charge in [-0.05, 0) is 89.3 Å². The number of rotatable bonds is 27. The maximum Gasteiger partial charge on any atom is 0.294 e. The number of ether oxygens (including phenoxy) is 4. The molecule has 0 fully saturated rings. The lowest BCUT2D eigenvalue weighted by molar-refractivity contribution is -0.442. The van der Waals surface area contributed by atoms with Gasteiger partial charge in [0.05, 0.1) is 43.3 Å². The van der Waals surface area contributed by atoms with Crippen LogP contribution in [0, 0.1) is 6.92 Å². The minimum atomic E-state index is -4.46. The third-order valence-electron chi connectivity index (χ3n) is 11.3. The third kappa shape index (κ3) is 13.0. The zero-order chi connectivity index (χ0) is 43.8. The normalized spacial score (nSPS) is 18.0. The second kappa shape index (κ2) is 23.3. The van der Waals surface area contributed by atoms with E-state index >= 15 is 0 Å². The van der Waals surface area contributed by atoms with Crippen molar-refractivity contribution < 1.29 is 46.1 Å². The summed E-state index contributed by atoms with van der Waals surface area (Å²) in [5.41, 5.74) is 11.9. The fourth-order valence-electron chi connectivity index (χ4n) is 7.94. The van der Waals surface area contributed by atoms with Crippen molar-refractivity contribution in [3.05, 3.63) is 89.2 Å². The van der Waals surface area contributed by atoms with E-state index in [1.165, 1.54) is 22.9 Å². The van der Waals surface area contributed by atoms with Crippen molar-refractivity contribution in [1.82, 2.24) is 5.32 Å². The molecule has 2 aliphatic rings. The molecular weight excluding hydrogens is 785 g/mol. The van der Waals surface area contributed by atoms with E-state index in [1.807, 2.05) is 12.2 Å². The maximum atomic E-state index is 12.5. The van der Waals surface area contributed by atoms with Gasteiger partial charge in [-0.2, -0.15) is 13.0 Å². The summed E-state index contributed by atoms with van der Waals surface area (Å²) in [6, 6.07) is 11.4. The quantitative estimate of drug-likeness (QED) is 0.0412. The Bertz CT molecular complexity index is 2010. The number of nitrogens with zero attached hydrogens (tertiary/aromatic N) is 2. The lowest BCUT2D eigenvalue weighted by Crippen LogP contribution is -2.30. The average molecular weight is 852 g/mol. The number of allylic oxidation sites excluding steroid dienone is 6. The van der Waals surface area contributed by atoms with E-state index in [-0.39, 0.29) is 28.5 Å². The number of aryl methyl sites for hydroxylation is 1. The monoisotopic (exact) mass is 851 g/mol. The lowest BCUT2D eigenvalue weighted by atomic mass is 9.78. The van der Waals surface area contributed by atoms with E-state index in [0.29, 0.717) is 91.4 Å². The van der Waals surface area contributed by atoms with Crippen molar-refractivity contribution in [2.24, 2.45) is 5.73 Å². The molecule has 1 unspecified atom stereocenters. The zero-order valence-corrected chi connectivity index (χ0v) is 37.3. The second-order valence-corrected chi connectivity index (χ2v) is 17.5. The van der Waals surface area contributed by atoms with E-state index in [1.54, 1.807) is 26.4 Å². The van der Waals surface area contributed by atoms with Crippen molar-refractivity contribution in [2.45, 2.75) is 88.4 Å². The van der Waals surface area contributed by atoms with E-state index in [0.717, 1.165) is 35.5 Å². The molecule has 2 aromatic rings. The molecule has 13 nitrogen and oxygen atoms in total. The molecule has 1 amide bonds. The molecule has 4 rings (SSSR count). The van der Waals surface area contributed by atoms with Crippen LogP contribution >= 0.6 is 0 Å². The fraction of sp³-hybridized carbons (Fsp3) is 0.543. The van der Waals surface area contributed by atoms with Crippen LogP contribution in [0.25, 0.3) is 0 Å². The van der Waals surface area contributed by atoms with Crippen molar-refractivity contribution in [2.75, 3.05) is 84.9 Å². The SMILES string of the molecule is COCCOCC[N+]1=C(/C=C/C=C/C=C2/N(CCCCCC(=O)NCCCC(=O)CN)c3ccc(S(=O)(=O)O)cc3C2(C)CCOCCOC)C(C)(C)c2cc(C)ccc21. The predicted octanol–water partition coefficient (Wildman–Crippen LogP) is 6.09. The molecule has 2 heterocycles. The molecule has 1 atom stereocenters. The molecular formula is C46H67N4O9S+. The van der Waals surface area contributed by atoms with Crippen LogP contribution in [0.5, 0.6) is 0 Å². The number of nitrogens with one attached hydrogen (secondary N) is 1. The first kappa shape index (κ1) is 48.6. The van der Waals surface area contributed by atoms with Gasteiger partial charge in [0, 0.05) is 81.3 Å². The van der Waals surface area contributed by atoms with Crippen LogP contribution in [-0.2, 0) is 49.5 Å². The molecule has 0 spiro atoms. The number of ketones is 1. The van der Waals surface area contributed by atoms with Crippen LogP contribution in [0.4, 0.5) is 11.4 Å². The van der Waals surface area contributed by atoms with Crippen LogP contribution in [0.2, 0.25) is 0 Å². The highest BCUT2D eigenvalue weighted by Gasteiger charge is 2.45. The van der Waals surface area contributed by atoms with Crippen molar-refractivity contribution in [3.63, 3.8) is 0 Å². The van der Waals surface area contributed by atoms with Gasteiger partial charge in [-0.15, -0.1) is 0 Å². The first-order chi connectivity index (χ1) is 28.7. The molecule has 0 bridgehead atoms. The fourth-order valence-corrected chi connectivity index (χ4v) is 8.45. The number of methoxy groups -OCH3 is 2. The molecule has 330 valence electrons. The number of hydrogen-bond acceptors (Lipinski definition) is 10. The Morgan fingerprint density at radius 1 is 0.867 bits per heavy atom. The predicted molar refractivity (Wildman–Crippen MR) is 236 cm³/mol. The molecule has 0 saturated heterocycles. The van der Waals surface area contributed by atoms with E-state index in [9.17, 15) is 22.6 Å². The molecule has 2 aromatic carbocycles. The Morgan fingerprint density at radius 3 is 2.30 bits per heavy atom. The number of unbranched alkanes of at least 4 members (excludes halogenated alkanes) is 2. The van der Waals surface area contributed by atoms with E-state index in [4.69, 9.17) is 24.7 Å². The van der Waals surface area contributed by atoms with E-state index < -0.39 is 15.5 Å². The summed E-state index contributed by atoms with van der Waals surface area (Å²) in [5.74, 6) is -0.0654. The number of carbonyl (C=O) groups excluding carboxylic acids is 2. The highest BCUT2D eigenvalue weighted by molar-refractivity contribution is 7.85. The number of nitrogens with two attached hydrogens (primary N) is 1. The summed E-state index contributed by atoms with van der Waals surface area (Å²) >= 11 is 0. The molecule has 0 aliphatic carbocycles. The smallest absolute Gasteiger partial charge is 0.294 e. The summed E-state index contributed by atoms with van der Waals surface area (Å²) in [6.45, 7) is 13.4. The zero-order valence-electron chi connectivity index (χ0n) is 36.5. The summed E-state index contributed by atoms with van der Waals surface area (Å²) in [4.78, 5) is 26.0. The molecule has 2 aliphatic heterocycles. The van der Waals surface area contributed by atoms with Crippen LogP contribution in [0.1, 0.15) is 82.4 Å². The average Bonchev–Trinajstić information content (AvgIpc) is 3.56. The Labute approximate surface area is 357 Å². The van der Waals surface area contributed by atoms with Gasteiger partial charge in [0.25, 0.3) is 10.1 Å². The number of hydrogen-bond donors (Lipinski definition) is 3. The number of Topliss-reactive ketones (excluding diaryl/α,β-unsaturated/α-hetero) is 1. The topological polar surface area (TPSA) is 170 Å². The molecule has 14 heteroatoms. The van der Waals surface area contributed by atoms with Crippen molar-refractivity contribution in [3.8, 4) is 0 Å². The lowest BCUT2D eigenvalue weighted by Gasteiger charge is -2.30. The first-order valence-electron chi connectivity index (χ1n) is 21.0. The molecule has 0 aromatic heterocycles. The minimum Gasteiger partial charge on any atom is -0.382 e. The number of anilines is 1. The Morgan fingerprint density at radius 2 is 1.60 bits per heavy atom. The Balaban J connectivity index is 1.61. The molecule has 60 heavy (non-hydrogen) atoms. The van der Waals surface area contributed by atoms with Crippen LogP contribution in [-0.4, -0.2) is 115 Å². The van der Waals surface area contributed by atoms with Gasteiger partial charge in [0.2, 0.25) is 11.6 Å². The standard InChI is InChI=1S/C46H66N4O9S/c1-35-18-20-40-38(32-35)45(2,3)42(50(40)25-27-59-31-29-57-6)15-9-7-10-16-43-46(4,22-26-58-30-28-56-5)39-33-37(60(53,54)55)19-21-41(39)49(43)24-12-8-11-17-44(52)48-23-13-14-36(51)34-47/h7,9-10,15-16,18-21,32-33H,8,11-14,17,22-31,34,47H2,1-6H3,(H-,48,52,53,54,55)/p+1. The van der Waals surface area contributed by atoms with E-state index in [2.05, 4.69) is 78.9 Å². The van der Waals surface area contributed by atoms with Gasteiger partial charge in [-0.25, -0.2) is 0 Å². The summed E-state index contributed by atoms with van der Waals surface area (Å²) in [5, 5.41) is 2.89. The number of amides is 1. The number of benzene rings is 2. The summed E-state index contributed by atoms with van der Waals surface area (Å²) < 4.78 is 59.3. The maximum absolute atomic E-state index is 12.5. The molecule has 0 saturated carbocycles. The molecule has 4 N–H and O–H groups in total. The minimum absolute atomic E-state index is 0.0160. The largest absolute Gasteiger partial charge is 0.382 e. The Kier molecular flexibility index (Phi) is 18.9. The van der Waals surface area contributed by atoms with Crippen LogP contribution in [0.3, 0.4) is 0 Å². The summed E-state index contributed by atoms with van der Waals surface area (Å²) in [6.07, 6.45) is 14.5. The third-order valence-corrected chi connectivity index (χ3v) is 12.2. The second-order valence-electron chi connectivity index (χ2n) is 16.1. The van der Waals surface area contributed by atoms with Gasteiger partial charge in [0.1, 0.15) is 12.4 Å². The first-order valence-corrected chi connectivity index (χ1v) is 22.5. The van der Waals surface area contributed by atoms with Gasteiger partial charge in [-0.1, -0.05) is 36.3 Å². The van der Waals surface area contributed by atoms with Crippen molar-refractivity contribution in [1.29, 1.82) is 0 Å². The molecule has 0 radical (unpaired) electrons. The highest BCUT2D eigenvalue weighted by atomic mass is 32.2. The van der Waals surface area contributed by atoms with Crippen molar-refractivity contribution >= 4 is 38.9 Å². The Hall–Kier alpha value is -4.02. The van der Waals surface area contributed by atoms with Crippen LogP contribution < -0.4 is 16.0 Å². The number of carbonyl (C=O) groups is 2. The van der Waals surface area contributed by atoms with Crippen LogP contribution in [0.15, 0.2) is 77.4 Å². The van der Waals surface area contributed by atoms with Gasteiger partial charge in [-0.3, -0.25) is 14.1 Å². The van der Waals surface area contributed by atoms with Gasteiger partial charge in [0.15, 0.2) is 12.3 Å². The van der Waals surface area contributed by atoms with Gasteiger partial charge < -0.3 is 34.9 Å². The highest BCUT2D eigenvalue weighted by Crippen LogP contribution is 2.51. The van der Waals surface area contributed by atoms with Gasteiger partial charge >= 0.3 is 0 Å². The summed E-state index contributed by atoms with van der Waals surface area (Å²) in [7, 11) is -1.17. The number of fused-ring (bicyclic) bond motifs is 2.